The van der Waals surface area contributed by atoms with Gasteiger partial charge in [-0.3, -0.25) is 9.69 Å². The van der Waals surface area contributed by atoms with Crippen LogP contribution in [0.25, 0.3) is 0 Å². The van der Waals surface area contributed by atoms with E-state index in [2.05, 4.69) is 37.4 Å². The number of nitrogens with one attached hydrogen (secondary N) is 1. The molecule has 0 bridgehead atoms. The number of aryl methyl sites for hydroxylation is 3. The number of urea groups is 1. The third-order valence-electron chi connectivity index (χ3n) is 5.37. The van der Waals surface area contributed by atoms with E-state index < -0.39 is 0 Å². The standard InChI is InChI=1S/C26H35N3O2/c1-18-8-9-23(22(15-18)27-24(30)16-26(4,5)6)29-11-7-10-28(25(29)31)17-21-13-19(2)12-20(3)14-21/h8-9,12-15H,7,10-11,16-17H2,1-6H3,(H,27,30). The van der Waals surface area contributed by atoms with Gasteiger partial charge in [0, 0.05) is 26.1 Å². The number of hydrogen-bond donors (Lipinski definition) is 1. The van der Waals surface area contributed by atoms with Gasteiger partial charge in [0.25, 0.3) is 0 Å². The maximum atomic E-state index is 13.4. The fraction of sp³-hybridized carbons (Fsp3) is 0.462. The highest BCUT2D eigenvalue weighted by atomic mass is 16.2. The zero-order chi connectivity index (χ0) is 22.8. The molecule has 1 aliphatic heterocycles. The normalized spacial score (nSPS) is 14.7. The Morgan fingerprint density at radius 2 is 1.65 bits per heavy atom. The fourth-order valence-corrected chi connectivity index (χ4v) is 4.19. The Labute approximate surface area is 186 Å². The molecule has 5 heteroatoms. The summed E-state index contributed by atoms with van der Waals surface area (Å²) in [6, 6.07) is 12.3. The number of anilines is 2. The summed E-state index contributed by atoms with van der Waals surface area (Å²) < 4.78 is 0. The molecule has 2 aromatic carbocycles. The van der Waals surface area contributed by atoms with Crippen LogP contribution in [0.4, 0.5) is 16.2 Å². The first kappa shape index (κ1) is 22.9. The SMILES string of the molecule is Cc1cc(C)cc(CN2CCCN(c3ccc(C)cc3NC(=O)CC(C)(C)C)C2=O)c1. The Kier molecular flexibility index (Phi) is 6.73. The molecule has 0 radical (unpaired) electrons. The van der Waals surface area contributed by atoms with Crippen LogP contribution >= 0.6 is 0 Å². The lowest BCUT2D eigenvalue weighted by atomic mass is 9.92. The van der Waals surface area contributed by atoms with Crippen LogP contribution in [0.2, 0.25) is 0 Å². The van der Waals surface area contributed by atoms with Crippen molar-refractivity contribution in [2.24, 2.45) is 5.41 Å². The van der Waals surface area contributed by atoms with Crippen molar-refractivity contribution in [1.82, 2.24) is 4.90 Å². The average Bonchev–Trinajstić information content (AvgIpc) is 2.61. The van der Waals surface area contributed by atoms with Gasteiger partial charge in [0.1, 0.15) is 0 Å². The zero-order valence-corrected chi connectivity index (χ0v) is 19.7. The molecule has 1 saturated heterocycles. The number of hydrogen-bond acceptors (Lipinski definition) is 2. The van der Waals surface area contributed by atoms with Crippen molar-refractivity contribution in [3.05, 3.63) is 58.7 Å². The van der Waals surface area contributed by atoms with Crippen LogP contribution in [0.15, 0.2) is 36.4 Å². The highest BCUT2D eigenvalue weighted by Crippen LogP contribution is 2.31. The summed E-state index contributed by atoms with van der Waals surface area (Å²) >= 11 is 0. The molecule has 0 aromatic heterocycles. The summed E-state index contributed by atoms with van der Waals surface area (Å²) in [7, 11) is 0. The van der Waals surface area contributed by atoms with Gasteiger partial charge in [-0.15, -0.1) is 0 Å². The van der Waals surface area contributed by atoms with Crippen LogP contribution in [-0.2, 0) is 11.3 Å². The lowest BCUT2D eigenvalue weighted by Gasteiger charge is -2.36. The highest BCUT2D eigenvalue weighted by molar-refractivity contribution is 6.01. The van der Waals surface area contributed by atoms with Gasteiger partial charge in [-0.25, -0.2) is 4.79 Å². The second-order valence-corrected chi connectivity index (χ2v) is 10.0. The quantitative estimate of drug-likeness (QED) is 0.661. The van der Waals surface area contributed by atoms with Crippen molar-refractivity contribution < 1.29 is 9.59 Å². The molecule has 3 rings (SSSR count). The van der Waals surface area contributed by atoms with E-state index in [1.165, 1.54) is 11.1 Å². The molecule has 2 aromatic rings. The number of nitrogens with zero attached hydrogens (tertiary/aromatic N) is 2. The largest absolute Gasteiger partial charge is 0.324 e. The van der Waals surface area contributed by atoms with Crippen molar-refractivity contribution in [1.29, 1.82) is 0 Å². The maximum absolute atomic E-state index is 13.4. The molecule has 31 heavy (non-hydrogen) atoms. The van der Waals surface area contributed by atoms with Gasteiger partial charge in [0.2, 0.25) is 5.91 Å². The molecule has 0 unspecified atom stereocenters. The molecule has 0 spiro atoms. The topological polar surface area (TPSA) is 52.6 Å². The Morgan fingerprint density at radius 1 is 0.968 bits per heavy atom. The van der Waals surface area contributed by atoms with Gasteiger partial charge < -0.3 is 10.2 Å². The van der Waals surface area contributed by atoms with Gasteiger partial charge in [0.15, 0.2) is 0 Å². The van der Waals surface area contributed by atoms with Crippen molar-refractivity contribution in [2.75, 3.05) is 23.3 Å². The highest BCUT2D eigenvalue weighted by Gasteiger charge is 2.29. The summed E-state index contributed by atoms with van der Waals surface area (Å²) in [5, 5.41) is 3.05. The first-order valence-electron chi connectivity index (χ1n) is 11.1. The van der Waals surface area contributed by atoms with Crippen LogP contribution in [-0.4, -0.2) is 29.9 Å². The number of rotatable bonds is 5. The predicted octanol–water partition coefficient (Wildman–Crippen LogP) is 5.82. The van der Waals surface area contributed by atoms with Gasteiger partial charge >= 0.3 is 6.03 Å². The first-order chi connectivity index (χ1) is 14.5. The smallest absolute Gasteiger partial charge is 0.324 e. The molecular formula is C26H35N3O2. The van der Waals surface area contributed by atoms with E-state index in [0.29, 0.717) is 25.2 Å². The van der Waals surface area contributed by atoms with E-state index in [1.54, 1.807) is 4.90 Å². The molecule has 5 nitrogen and oxygen atoms in total. The molecule has 0 saturated carbocycles. The summed E-state index contributed by atoms with van der Waals surface area (Å²) in [6.07, 6.45) is 1.31. The minimum Gasteiger partial charge on any atom is -0.324 e. The maximum Gasteiger partial charge on any atom is 0.324 e. The fourth-order valence-electron chi connectivity index (χ4n) is 4.19. The van der Waals surface area contributed by atoms with E-state index >= 15 is 0 Å². The summed E-state index contributed by atoms with van der Waals surface area (Å²) in [5.41, 5.74) is 5.98. The van der Waals surface area contributed by atoms with E-state index in [9.17, 15) is 9.59 Å². The molecule has 0 atom stereocenters. The van der Waals surface area contributed by atoms with Crippen molar-refractivity contribution in [2.45, 2.75) is 60.9 Å². The Morgan fingerprint density at radius 3 is 2.29 bits per heavy atom. The molecular weight excluding hydrogens is 386 g/mol. The van der Waals surface area contributed by atoms with Crippen molar-refractivity contribution in [3.8, 4) is 0 Å². The second kappa shape index (κ2) is 9.13. The van der Waals surface area contributed by atoms with E-state index in [1.807, 2.05) is 50.8 Å². The summed E-state index contributed by atoms with van der Waals surface area (Å²) in [5.74, 6) is -0.0316. The van der Waals surface area contributed by atoms with Crippen LogP contribution < -0.4 is 10.2 Å². The van der Waals surface area contributed by atoms with Crippen molar-refractivity contribution >= 4 is 23.3 Å². The van der Waals surface area contributed by atoms with Gasteiger partial charge in [-0.05, 0) is 55.9 Å². The molecule has 1 aliphatic rings. The minimum atomic E-state index is -0.0994. The van der Waals surface area contributed by atoms with Crippen LogP contribution in [0.5, 0.6) is 0 Å². The third-order valence-corrected chi connectivity index (χ3v) is 5.37. The summed E-state index contributed by atoms with van der Waals surface area (Å²) in [6.45, 7) is 14.3. The van der Waals surface area contributed by atoms with Crippen LogP contribution in [0.3, 0.4) is 0 Å². The third kappa shape index (κ3) is 6.09. The number of amides is 3. The molecule has 1 N–H and O–H groups in total. The molecule has 1 fully saturated rings. The van der Waals surface area contributed by atoms with E-state index in [4.69, 9.17) is 0 Å². The Balaban J connectivity index is 1.83. The lowest BCUT2D eigenvalue weighted by Crippen LogP contribution is -2.49. The Hall–Kier alpha value is -2.82. The van der Waals surface area contributed by atoms with Crippen LogP contribution in [0, 0.1) is 26.2 Å². The molecule has 166 valence electrons. The summed E-state index contributed by atoms with van der Waals surface area (Å²) in [4.78, 5) is 29.7. The van der Waals surface area contributed by atoms with Gasteiger partial charge in [0.05, 0.1) is 11.4 Å². The second-order valence-electron chi connectivity index (χ2n) is 10.0. The molecule has 0 aliphatic carbocycles. The average molecular weight is 422 g/mol. The minimum absolute atomic E-state index is 0.0133. The first-order valence-corrected chi connectivity index (χ1v) is 11.1. The number of carbonyl (C=O) groups excluding carboxylic acids is 2. The molecule has 3 amide bonds. The molecule has 1 heterocycles. The monoisotopic (exact) mass is 421 g/mol. The lowest BCUT2D eigenvalue weighted by molar-refractivity contribution is -0.117. The van der Waals surface area contributed by atoms with Gasteiger partial charge in [-0.1, -0.05) is 56.2 Å². The van der Waals surface area contributed by atoms with Crippen LogP contribution in [0.1, 0.15) is 55.9 Å². The Bertz CT molecular complexity index is 955. The predicted molar refractivity (Wildman–Crippen MR) is 128 cm³/mol. The van der Waals surface area contributed by atoms with E-state index in [0.717, 1.165) is 29.8 Å². The van der Waals surface area contributed by atoms with Crippen molar-refractivity contribution in [3.63, 3.8) is 0 Å². The zero-order valence-electron chi connectivity index (χ0n) is 19.7. The number of carbonyl (C=O) groups is 2. The van der Waals surface area contributed by atoms with E-state index in [-0.39, 0.29) is 17.4 Å². The van der Waals surface area contributed by atoms with Gasteiger partial charge in [-0.2, -0.15) is 0 Å². The number of benzene rings is 2.